The molecule has 1 fully saturated rings. The highest BCUT2D eigenvalue weighted by atomic mass is 28.3. The van der Waals surface area contributed by atoms with Gasteiger partial charge in [-0.15, -0.1) is 0 Å². The Morgan fingerprint density at radius 1 is 1.17 bits per heavy atom. The number of rotatable bonds is 6. The molecule has 0 spiro atoms. The van der Waals surface area contributed by atoms with Gasteiger partial charge in [-0.25, -0.2) is 0 Å². The van der Waals surface area contributed by atoms with Crippen LogP contribution in [0, 0.1) is 5.92 Å². The number of fused-ring (bicyclic) bond motifs is 1. The van der Waals surface area contributed by atoms with E-state index in [0.29, 0.717) is 19.1 Å². The standard InChI is InChI=1S/C24H32N2O3Si/c1-29-22-7-8-23-21(16-22)17-26(18-30(23)28)24(27)11-14-25-12-9-20(10-13-25)15-19-5-3-2-4-6-19/h2-8,16,20,28,30H,9-15,17-18H2,1H3. The molecule has 30 heavy (non-hydrogen) atoms. The topological polar surface area (TPSA) is 53.0 Å². The van der Waals surface area contributed by atoms with Crippen molar-refractivity contribution in [2.24, 2.45) is 5.92 Å². The Labute approximate surface area is 181 Å². The fraction of sp³-hybridized carbons (Fsp3) is 0.458. The van der Waals surface area contributed by atoms with Gasteiger partial charge in [0.1, 0.15) is 5.75 Å². The Morgan fingerprint density at radius 3 is 2.67 bits per heavy atom. The van der Waals surface area contributed by atoms with Crippen molar-refractivity contribution in [1.29, 1.82) is 0 Å². The molecular weight excluding hydrogens is 392 g/mol. The van der Waals surface area contributed by atoms with Gasteiger partial charge in [-0.3, -0.25) is 4.79 Å². The molecule has 2 heterocycles. The van der Waals surface area contributed by atoms with E-state index in [1.807, 2.05) is 23.1 Å². The quantitative estimate of drug-likeness (QED) is 0.719. The molecule has 4 rings (SSSR count). The molecule has 5 nitrogen and oxygen atoms in total. The lowest BCUT2D eigenvalue weighted by Gasteiger charge is -2.34. The molecule has 1 unspecified atom stereocenters. The van der Waals surface area contributed by atoms with Gasteiger partial charge in [0, 0.05) is 25.7 Å². The van der Waals surface area contributed by atoms with Gasteiger partial charge in [0.25, 0.3) is 0 Å². The molecule has 0 bridgehead atoms. The molecule has 160 valence electrons. The molecule has 0 aliphatic carbocycles. The van der Waals surface area contributed by atoms with Crippen LogP contribution in [0.4, 0.5) is 0 Å². The van der Waals surface area contributed by atoms with Crippen molar-refractivity contribution in [3.63, 3.8) is 0 Å². The van der Waals surface area contributed by atoms with Crippen LogP contribution in [0.2, 0.25) is 0 Å². The van der Waals surface area contributed by atoms with E-state index in [1.54, 1.807) is 7.11 Å². The predicted molar refractivity (Wildman–Crippen MR) is 121 cm³/mol. The van der Waals surface area contributed by atoms with E-state index < -0.39 is 9.04 Å². The second kappa shape index (κ2) is 9.77. The van der Waals surface area contributed by atoms with E-state index >= 15 is 0 Å². The maximum atomic E-state index is 12.8. The van der Waals surface area contributed by atoms with Gasteiger partial charge in [-0.05, 0) is 66.7 Å². The van der Waals surface area contributed by atoms with Crippen LogP contribution in [0.1, 0.15) is 30.4 Å². The van der Waals surface area contributed by atoms with E-state index in [2.05, 4.69) is 35.2 Å². The second-order valence-electron chi connectivity index (χ2n) is 8.58. The largest absolute Gasteiger partial charge is 0.497 e. The van der Waals surface area contributed by atoms with Crippen LogP contribution in [0.25, 0.3) is 0 Å². The van der Waals surface area contributed by atoms with E-state index in [9.17, 15) is 9.59 Å². The SMILES string of the molecule is COc1ccc2c(c1)CN(C(=O)CCN1CCC(Cc3ccccc3)CC1)C[SiH]2O. The predicted octanol–water partition coefficient (Wildman–Crippen LogP) is 1.84. The minimum atomic E-state index is -2.10. The molecule has 0 saturated carbocycles. The first-order valence-electron chi connectivity index (χ1n) is 11.0. The fourth-order valence-corrected chi connectivity index (χ4v) is 6.58. The van der Waals surface area contributed by atoms with E-state index in [4.69, 9.17) is 4.74 Å². The highest BCUT2D eigenvalue weighted by Crippen LogP contribution is 2.22. The Morgan fingerprint density at radius 2 is 1.93 bits per heavy atom. The average molecular weight is 425 g/mol. The molecule has 0 radical (unpaired) electrons. The minimum Gasteiger partial charge on any atom is -0.497 e. The maximum Gasteiger partial charge on any atom is 0.223 e. The summed E-state index contributed by atoms with van der Waals surface area (Å²) in [5, 5.41) is 1.04. The summed E-state index contributed by atoms with van der Waals surface area (Å²) in [6, 6.07) is 16.6. The van der Waals surface area contributed by atoms with Crippen molar-refractivity contribution in [2.45, 2.75) is 32.2 Å². The van der Waals surface area contributed by atoms with Gasteiger partial charge in [0.05, 0.1) is 7.11 Å². The maximum absolute atomic E-state index is 12.8. The van der Waals surface area contributed by atoms with Crippen LogP contribution in [-0.4, -0.2) is 62.5 Å². The van der Waals surface area contributed by atoms with Gasteiger partial charge in [0.2, 0.25) is 14.9 Å². The third-order valence-corrected chi connectivity index (χ3v) is 8.60. The highest BCUT2D eigenvalue weighted by molar-refractivity contribution is 6.67. The number of hydrogen-bond acceptors (Lipinski definition) is 4. The van der Waals surface area contributed by atoms with Crippen molar-refractivity contribution in [1.82, 2.24) is 9.80 Å². The zero-order valence-electron chi connectivity index (χ0n) is 17.8. The van der Waals surface area contributed by atoms with E-state index in [-0.39, 0.29) is 5.91 Å². The zero-order valence-corrected chi connectivity index (χ0v) is 19.0. The summed E-state index contributed by atoms with van der Waals surface area (Å²) in [5.74, 6) is 1.68. The van der Waals surface area contributed by atoms with Crippen LogP contribution in [0.5, 0.6) is 5.75 Å². The van der Waals surface area contributed by atoms with Crippen LogP contribution >= 0.6 is 0 Å². The summed E-state index contributed by atoms with van der Waals surface area (Å²) < 4.78 is 5.31. The summed E-state index contributed by atoms with van der Waals surface area (Å²) >= 11 is 0. The molecular formula is C24H32N2O3Si. The Kier molecular flexibility index (Phi) is 6.87. The van der Waals surface area contributed by atoms with Gasteiger partial charge in [-0.1, -0.05) is 36.4 Å². The van der Waals surface area contributed by atoms with Crippen LogP contribution in [-0.2, 0) is 17.8 Å². The molecule has 2 aromatic carbocycles. The second-order valence-corrected chi connectivity index (χ2v) is 10.6. The number of ether oxygens (including phenoxy) is 1. The molecule has 1 atom stereocenters. The monoisotopic (exact) mass is 424 g/mol. The molecule has 2 aliphatic rings. The number of methoxy groups -OCH3 is 1. The average Bonchev–Trinajstić information content (AvgIpc) is 2.78. The molecule has 0 aromatic heterocycles. The normalized spacial score (nSPS) is 20.1. The first kappa shape index (κ1) is 21.1. The third-order valence-electron chi connectivity index (χ3n) is 6.53. The molecule has 1 amide bonds. The minimum absolute atomic E-state index is 0.154. The van der Waals surface area contributed by atoms with Gasteiger partial charge < -0.3 is 19.3 Å². The van der Waals surface area contributed by atoms with Crippen LogP contribution in [0.3, 0.4) is 0 Å². The highest BCUT2D eigenvalue weighted by Gasteiger charge is 2.29. The number of amides is 1. The molecule has 6 heteroatoms. The summed E-state index contributed by atoms with van der Waals surface area (Å²) in [5.41, 5.74) is 2.46. The summed E-state index contributed by atoms with van der Waals surface area (Å²) in [6.45, 7) is 3.54. The number of hydrogen-bond donors (Lipinski definition) is 1. The Bertz CT molecular complexity index is 853. The van der Waals surface area contributed by atoms with Crippen molar-refractivity contribution in [2.75, 3.05) is 32.9 Å². The van der Waals surface area contributed by atoms with E-state index in [1.165, 1.54) is 18.4 Å². The summed E-state index contributed by atoms with van der Waals surface area (Å²) in [6.07, 6.45) is 4.60. The molecule has 1 N–H and O–H groups in total. The number of piperidine rings is 1. The van der Waals surface area contributed by atoms with Crippen molar-refractivity contribution >= 4 is 20.1 Å². The number of carbonyl (C=O) groups is 1. The van der Waals surface area contributed by atoms with Crippen LogP contribution < -0.4 is 9.92 Å². The molecule has 1 saturated heterocycles. The lowest BCUT2D eigenvalue weighted by Crippen LogP contribution is -2.52. The van der Waals surface area contributed by atoms with Gasteiger partial charge >= 0.3 is 0 Å². The Balaban J connectivity index is 1.24. The number of benzene rings is 2. The lowest BCUT2D eigenvalue weighted by atomic mass is 9.90. The lowest BCUT2D eigenvalue weighted by molar-refractivity contribution is -0.131. The Hall–Kier alpha value is -2.15. The first-order valence-corrected chi connectivity index (χ1v) is 12.9. The molecule has 2 aromatic rings. The van der Waals surface area contributed by atoms with Crippen molar-refractivity contribution in [3.8, 4) is 5.75 Å². The van der Waals surface area contributed by atoms with Crippen molar-refractivity contribution in [3.05, 3.63) is 59.7 Å². The van der Waals surface area contributed by atoms with Gasteiger partial charge in [-0.2, -0.15) is 0 Å². The number of likely N-dealkylation sites (tertiary alicyclic amines) is 1. The van der Waals surface area contributed by atoms with Crippen molar-refractivity contribution < 1.29 is 14.3 Å². The van der Waals surface area contributed by atoms with Crippen LogP contribution in [0.15, 0.2) is 48.5 Å². The number of nitrogens with zero attached hydrogens (tertiary/aromatic N) is 2. The summed E-state index contributed by atoms with van der Waals surface area (Å²) in [7, 11) is -0.461. The first-order chi connectivity index (χ1) is 14.6. The van der Waals surface area contributed by atoms with E-state index in [0.717, 1.165) is 48.5 Å². The molecule has 2 aliphatic heterocycles. The smallest absolute Gasteiger partial charge is 0.223 e. The third kappa shape index (κ3) is 5.12. The summed E-state index contributed by atoms with van der Waals surface area (Å²) in [4.78, 5) is 27.7. The number of carbonyl (C=O) groups excluding carboxylic acids is 1. The van der Waals surface area contributed by atoms with Gasteiger partial charge in [0.15, 0.2) is 0 Å². The fourth-order valence-electron chi connectivity index (χ4n) is 4.71. The zero-order chi connectivity index (χ0) is 20.9.